The molecule has 102 valence electrons. The minimum atomic E-state index is -0.114. The van der Waals surface area contributed by atoms with Gasteiger partial charge in [0.1, 0.15) is 11.0 Å². The number of halogens is 2. The molecule has 0 spiro atoms. The summed E-state index contributed by atoms with van der Waals surface area (Å²) in [7, 11) is 0. The minimum absolute atomic E-state index is 0.0935. The van der Waals surface area contributed by atoms with Crippen molar-refractivity contribution < 1.29 is 4.79 Å². The summed E-state index contributed by atoms with van der Waals surface area (Å²) in [6, 6.07) is 1.69. The Labute approximate surface area is 124 Å². The molecule has 0 saturated heterocycles. The van der Waals surface area contributed by atoms with Crippen LogP contribution < -0.4 is 10.6 Å². The van der Waals surface area contributed by atoms with Gasteiger partial charge in [0.05, 0.1) is 34.0 Å². The SMILES string of the molecule is CC(C)NC(=O)CNc1c(Cl)cc(Cl)c2nsnc12. The zero-order valence-corrected chi connectivity index (χ0v) is 12.7. The summed E-state index contributed by atoms with van der Waals surface area (Å²) < 4.78 is 8.24. The molecule has 1 amide bonds. The highest BCUT2D eigenvalue weighted by Crippen LogP contribution is 2.34. The van der Waals surface area contributed by atoms with E-state index >= 15 is 0 Å². The third kappa shape index (κ3) is 3.26. The average Bonchev–Trinajstić information content (AvgIpc) is 2.76. The lowest BCUT2D eigenvalue weighted by Crippen LogP contribution is -2.34. The topological polar surface area (TPSA) is 66.9 Å². The number of nitrogens with zero attached hydrogens (tertiary/aromatic N) is 2. The number of carbonyl (C=O) groups is 1. The van der Waals surface area contributed by atoms with Crippen LogP contribution in [0, 0.1) is 0 Å². The van der Waals surface area contributed by atoms with Crippen LogP contribution in [-0.4, -0.2) is 27.2 Å². The summed E-state index contributed by atoms with van der Waals surface area (Å²) in [5.41, 5.74) is 1.75. The Morgan fingerprint density at radius 1 is 1.32 bits per heavy atom. The van der Waals surface area contributed by atoms with Gasteiger partial charge in [-0.05, 0) is 19.9 Å². The van der Waals surface area contributed by atoms with Gasteiger partial charge in [0.25, 0.3) is 0 Å². The van der Waals surface area contributed by atoms with Crippen molar-refractivity contribution in [2.75, 3.05) is 11.9 Å². The fraction of sp³-hybridized carbons (Fsp3) is 0.364. The molecular formula is C11H12Cl2N4OS. The van der Waals surface area contributed by atoms with E-state index < -0.39 is 0 Å². The summed E-state index contributed by atoms with van der Waals surface area (Å²) in [5.74, 6) is -0.114. The van der Waals surface area contributed by atoms with Crippen molar-refractivity contribution in [1.29, 1.82) is 0 Å². The Hall–Kier alpha value is -1.11. The molecular weight excluding hydrogens is 307 g/mol. The zero-order chi connectivity index (χ0) is 14.0. The highest BCUT2D eigenvalue weighted by Gasteiger charge is 2.14. The molecule has 1 aromatic carbocycles. The van der Waals surface area contributed by atoms with Gasteiger partial charge in [-0.3, -0.25) is 4.79 Å². The first kappa shape index (κ1) is 14.3. The van der Waals surface area contributed by atoms with E-state index in [-0.39, 0.29) is 18.5 Å². The average molecular weight is 319 g/mol. The Bertz CT molecular complexity index is 614. The van der Waals surface area contributed by atoms with Crippen LogP contribution in [0.1, 0.15) is 13.8 Å². The number of rotatable bonds is 4. The molecule has 5 nitrogen and oxygen atoms in total. The summed E-state index contributed by atoms with van der Waals surface area (Å²) in [5, 5.41) is 6.63. The van der Waals surface area contributed by atoms with Crippen molar-refractivity contribution in [3.05, 3.63) is 16.1 Å². The van der Waals surface area contributed by atoms with Gasteiger partial charge < -0.3 is 10.6 Å². The maximum atomic E-state index is 11.6. The highest BCUT2D eigenvalue weighted by atomic mass is 35.5. The van der Waals surface area contributed by atoms with Gasteiger partial charge in [-0.2, -0.15) is 8.75 Å². The van der Waals surface area contributed by atoms with Crippen LogP contribution in [0.2, 0.25) is 10.0 Å². The molecule has 0 atom stereocenters. The van der Waals surface area contributed by atoms with Crippen molar-refractivity contribution >= 4 is 57.6 Å². The van der Waals surface area contributed by atoms with E-state index in [2.05, 4.69) is 19.4 Å². The lowest BCUT2D eigenvalue weighted by Gasteiger charge is -2.11. The van der Waals surface area contributed by atoms with E-state index in [4.69, 9.17) is 23.2 Å². The lowest BCUT2D eigenvalue weighted by molar-refractivity contribution is -0.119. The second-order valence-corrected chi connectivity index (χ2v) is 5.60. The first-order chi connectivity index (χ1) is 8.99. The summed E-state index contributed by atoms with van der Waals surface area (Å²) >= 11 is 13.2. The molecule has 1 heterocycles. The largest absolute Gasteiger partial charge is 0.373 e. The van der Waals surface area contributed by atoms with Gasteiger partial charge in [-0.25, -0.2) is 0 Å². The number of benzene rings is 1. The molecule has 0 aliphatic rings. The summed E-state index contributed by atoms with van der Waals surface area (Å²) in [4.78, 5) is 11.6. The third-order valence-corrected chi connectivity index (χ3v) is 3.43. The predicted molar refractivity (Wildman–Crippen MR) is 79.2 cm³/mol. The molecule has 0 bridgehead atoms. The molecule has 19 heavy (non-hydrogen) atoms. The van der Waals surface area contributed by atoms with Gasteiger partial charge in [0.2, 0.25) is 5.91 Å². The molecule has 0 unspecified atom stereocenters. The van der Waals surface area contributed by atoms with Crippen LogP contribution in [0.5, 0.6) is 0 Å². The van der Waals surface area contributed by atoms with Crippen LogP contribution in [0.25, 0.3) is 11.0 Å². The maximum absolute atomic E-state index is 11.6. The number of nitrogens with one attached hydrogen (secondary N) is 2. The van der Waals surface area contributed by atoms with E-state index in [1.54, 1.807) is 6.07 Å². The Morgan fingerprint density at radius 3 is 2.68 bits per heavy atom. The van der Waals surface area contributed by atoms with Crippen LogP contribution in [0.3, 0.4) is 0 Å². The van der Waals surface area contributed by atoms with Crippen molar-refractivity contribution in [2.24, 2.45) is 0 Å². The van der Waals surface area contributed by atoms with E-state index in [0.29, 0.717) is 26.8 Å². The van der Waals surface area contributed by atoms with Gasteiger partial charge in [0, 0.05) is 6.04 Å². The maximum Gasteiger partial charge on any atom is 0.239 e. The van der Waals surface area contributed by atoms with Crippen LogP contribution in [0.4, 0.5) is 5.69 Å². The molecule has 0 aliphatic heterocycles. The Morgan fingerprint density at radius 2 is 2.00 bits per heavy atom. The number of aromatic nitrogens is 2. The minimum Gasteiger partial charge on any atom is -0.373 e. The number of amides is 1. The lowest BCUT2D eigenvalue weighted by atomic mass is 10.2. The molecule has 1 aromatic heterocycles. The number of fused-ring (bicyclic) bond motifs is 1. The van der Waals surface area contributed by atoms with Crippen LogP contribution >= 0.6 is 34.9 Å². The van der Waals surface area contributed by atoms with E-state index in [1.807, 2.05) is 13.8 Å². The van der Waals surface area contributed by atoms with Gasteiger partial charge in [-0.15, -0.1) is 0 Å². The van der Waals surface area contributed by atoms with Gasteiger partial charge in [0.15, 0.2) is 0 Å². The molecule has 0 fully saturated rings. The Balaban J connectivity index is 2.21. The molecule has 2 aromatic rings. The zero-order valence-electron chi connectivity index (χ0n) is 10.3. The molecule has 0 aliphatic carbocycles. The number of hydrogen-bond acceptors (Lipinski definition) is 5. The highest BCUT2D eigenvalue weighted by molar-refractivity contribution is 7.00. The van der Waals surface area contributed by atoms with Crippen molar-refractivity contribution in [3.63, 3.8) is 0 Å². The second-order valence-electron chi connectivity index (χ2n) is 4.25. The first-order valence-corrected chi connectivity index (χ1v) is 7.11. The standard InChI is InChI=1S/C11H12Cl2N4OS/c1-5(2)15-8(18)4-14-9-6(12)3-7(13)10-11(9)17-19-16-10/h3,5,14H,4H2,1-2H3,(H,15,18). The van der Waals surface area contributed by atoms with Crippen molar-refractivity contribution in [1.82, 2.24) is 14.1 Å². The number of anilines is 1. The number of hydrogen-bond donors (Lipinski definition) is 2. The van der Waals surface area contributed by atoms with E-state index in [0.717, 1.165) is 11.7 Å². The molecule has 0 saturated carbocycles. The fourth-order valence-corrected chi connectivity index (χ4v) is 2.76. The van der Waals surface area contributed by atoms with Crippen molar-refractivity contribution in [2.45, 2.75) is 19.9 Å². The Kier molecular flexibility index (Phi) is 4.44. The monoisotopic (exact) mass is 318 g/mol. The van der Waals surface area contributed by atoms with E-state index in [9.17, 15) is 4.79 Å². The molecule has 0 radical (unpaired) electrons. The van der Waals surface area contributed by atoms with E-state index in [1.165, 1.54) is 0 Å². The molecule has 8 heteroatoms. The second kappa shape index (κ2) is 5.90. The van der Waals surface area contributed by atoms with Crippen LogP contribution in [0.15, 0.2) is 6.07 Å². The predicted octanol–water partition coefficient (Wildman–Crippen LogP) is 2.93. The molecule has 2 N–H and O–H groups in total. The quantitative estimate of drug-likeness (QED) is 0.909. The van der Waals surface area contributed by atoms with Crippen LogP contribution in [-0.2, 0) is 4.79 Å². The smallest absolute Gasteiger partial charge is 0.239 e. The number of carbonyl (C=O) groups excluding carboxylic acids is 1. The fourth-order valence-electron chi connectivity index (χ4n) is 1.58. The third-order valence-electron chi connectivity index (χ3n) is 2.32. The summed E-state index contributed by atoms with van der Waals surface area (Å²) in [6.07, 6.45) is 0. The van der Waals surface area contributed by atoms with Crippen molar-refractivity contribution in [3.8, 4) is 0 Å². The van der Waals surface area contributed by atoms with Gasteiger partial charge in [-0.1, -0.05) is 23.2 Å². The molecule has 2 rings (SSSR count). The van der Waals surface area contributed by atoms with Gasteiger partial charge >= 0.3 is 0 Å². The summed E-state index contributed by atoms with van der Waals surface area (Å²) in [6.45, 7) is 3.91. The first-order valence-electron chi connectivity index (χ1n) is 5.62. The normalized spacial score (nSPS) is 11.0.